The van der Waals surface area contributed by atoms with Crippen LogP contribution < -0.4 is 20.0 Å². The van der Waals surface area contributed by atoms with Crippen molar-refractivity contribution in [3.63, 3.8) is 0 Å². The van der Waals surface area contributed by atoms with E-state index in [1.807, 2.05) is 42.5 Å². The summed E-state index contributed by atoms with van der Waals surface area (Å²) in [5, 5.41) is 4.89. The molecule has 28 heavy (non-hydrogen) atoms. The molecule has 3 N–H and O–H groups in total. The van der Waals surface area contributed by atoms with Crippen molar-refractivity contribution in [2.24, 2.45) is 5.10 Å². The highest BCUT2D eigenvalue weighted by atomic mass is 35.5. The number of ether oxygens (including phenoxy) is 1. The van der Waals surface area contributed by atoms with Crippen LogP contribution in [0.2, 0.25) is 5.02 Å². The number of quaternary nitrogens is 2. The molecule has 0 bridgehead atoms. The number of para-hydroxylation sites is 1. The van der Waals surface area contributed by atoms with Gasteiger partial charge in [-0.2, -0.15) is 5.10 Å². The van der Waals surface area contributed by atoms with Gasteiger partial charge in [-0.3, -0.25) is 4.79 Å². The van der Waals surface area contributed by atoms with Crippen LogP contribution in [0.25, 0.3) is 0 Å². The Balaban J connectivity index is 1.41. The standard InChI is InChI=1S/C21H25ClN4O2/c1-28-20-9-5-3-6-17(20)14-23-24-21(27)16-26-12-10-25(11-13-26)15-18-7-2-4-8-19(18)22/h2-9,14H,10-13,15-16H2,1H3,(H,24,27)/p+2/b23-14-. The summed E-state index contributed by atoms with van der Waals surface area (Å²) in [6.07, 6.45) is 1.61. The van der Waals surface area contributed by atoms with Crippen molar-refractivity contribution in [2.45, 2.75) is 6.54 Å². The minimum Gasteiger partial charge on any atom is -0.496 e. The molecule has 0 aromatic heterocycles. The Hall–Kier alpha value is -2.41. The van der Waals surface area contributed by atoms with Crippen LogP contribution in [0.5, 0.6) is 5.75 Å². The summed E-state index contributed by atoms with van der Waals surface area (Å²) in [7, 11) is 1.61. The van der Waals surface area contributed by atoms with Gasteiger partial charge in [0.1, 0.15) is 38.5 Å². The first-order valence-electron chi connectivity index (χ1n) is 9.51. The Kier molecular flexibility index (Phi) is 7.42. The molecule has 2 aromatic rings. The Morgan fingerprint density at radius 2 is 1.79 bits per heavy atom. The number of amides is 1. The Labute approximate surface area is 170 Å². The summed E-state index contributed by atoms with van der Waals surface area (Å²) in [5.74, 6) is 0.652. The van der Waals surface area contributed by atoms with Gasteiger partial charge in [-0.05, 0) is 18.2 Å². The average molecular weight is 403 g/mol. The molecule has 2 aromatic carbocycles. The molecule has 1 aliphatic rings. The second-order valence-electron chi connectivity index (χ2n) is 6.98. The molecule has 0 aliphatic carbocycles. The molecule has 3 rings (SSSR count). The van der Waals surface area contributed by atoms with E-state index in [1.54, 1.807) is 13.3 Å². The predicted molar refractivity (Wildman–Crippen MR) is 110 cm³/mol. The minimum absolute atomic E-state index is 0.0734. The first kappa shape index (κ1) is 20.3. The molecule has 1 fully saturated rings. The summed E-state index contributed by atoms with van der Waals surface area (Å²) >= 11 is 6.26. The van der Waals surface area contributed by atoms with Gasteiger partial charge in [-0.1, -0.05) is 41.9 Å². The van der Waals surface area contributed by atoms with Crippen molar-refractivity contribution >= 4 is 23.7 Å². The fourth-order valence-corrected chi connectivity index (χ4v) is 3.64. The molecule has 6 nitrogen and oxygen atoms in total. The van der Waals surface area contributed by atoms with E-state index < -0.39 is 0 Å². The number of rotatable bonds is 7. The number of halogens is 1. The number of hydrogen-bond donors (Lipinski definition) is 3. The summed E-state index contributed by atoms with van der Waals surface area (Å²) in [5.41, 5.74) is 4.63. The molecule has 0 spiro atoms. The number of piperazine rings is 1. The van der Waals surface area contributed by atoms with E-state index in [0.717, 1.165) is 49.1 Å². The molecule has 0 radical (unpaired) electrons. The predicted octanol–water partition coefficient (Wildman–Crippen LogP) is -0.218. The number of nitrogens with one attached hydrogen (secondary N) is 3. The van der Waals surface area contributed by atoms with E-state index >= 15 is 0 Å². The van der Waals surface area contributed by atoms with Crippen LogP contribution in [0, 0.1) is 0 Å². The molecule has 1 amide bonds. The quantitative estimate of drug-likeness (QED) is 0.443. The lowest BCUT2D eigenvalue weighted by molar-refractivity contribution is -1.02. The van der Waals surface area contributed by atoms with Crippen molar-refractivity contribution in [2.75, 3.05) is 39.8 Å². The van der Waals surface area contributed by atoms with E-state index in [4.69, 9.17) is 16.3 Å². The zero-order valence-corrected chi connectivity index (χ0v) is 16.8. The largest absolute Gasteiger partial charge is 0.496 e. The van der Waals surface area contributed by atoms with Crippen LogP contribution in [0.3, 0.4) is 0 Å². The maximum atomic E-state index is 12.2. The first-order valence-corrected chi connectivity index (χ1v) is 9.89. The number of methoxy groups -OCH3 is 1. The third kappa shape index (κ3) is 5.79. The highest BCUT2D eigenvalue weighted by Gasteiger charge is 2.25. The molecular formula is C21H27ClN4O2+2. The molecular weight excluding hydrogens is 376 g/mol. The van der Waals surface area contributed by atoms with E-state index in [9.17, 15) is 4.79 Å². The van der Waals surface area contributed by atoms with Gasteiger partial charge in [0.05, 0.1) is 13.3 Å². The van der Waals surface area contributed by atoms with Crippen molar-refractivity contribution in [3.05, 3.63) is 64.7 Å². The minimum atomic E-state index is -0.0734. The van der Waals surface area contributed by atoms with Crippen LogP contribution in [0.1, 0.15) is 11.1 Å². The summed E-state index contributed by atoms with van der Waals surface area (Å²) in [4.78, 5) is 15.0. The van der Waals surface area contributed by atoms with Crippen LogP contribution in [-0.2, 0) is 11.3 Å². The SMILES string of the molecule is COc1ccccc1/C=N\NC(=O)C[NH+]1CC[NH+](Cc2ccccc2Cl)CC1. The lowest BCUT2D eigenvalue weighted by atomic mass is 10.2. The monoisotopic (exact) mass is 402 g/mol. The maximum absolute atomic E-state index is 12.2. The summed E-state index contributed by atoms with van der Waals surface area (Å²) < 4.78 is 5.27. The third-order valence-corrected chi connectivity index (χ3v) is 5.37. The number of benzene rings is 2. The van der Waals surface area contributed by atoms with Gasteiger partial charge in [0, 0.05) is 16.1 Å². The van der Waals surface area contributed by atoms with E-state index in [-0.39, 0.29) is 5.91 Å². The molecule has 0 unspecified atom stereocenters. The number of carbonyl (C=O) groups excluding carboxylic acids is 1. The molecule has 1 aliphatic heterocycles. The topological polar surface area (TPSA) is 59.6 Å². The van der Waals surface area contributed by atoms with Crippen molar-refractivity contribution in [3.8, 4) is 5.75 Å². The number of nitrogens with zero attached hydrogens (tertiary/aromatic N) is 1. The zero-order valence-electron chi connectivity index (χ0n) is 16.1. The molecule has 7 heteroatoms. The van der Waals surface area contributed by atoms with Crippen molar-refractivity contribution in [1.29, 1.82) is 0 Å². The zero-order chi connectivity index (χ0) is 19.8. The molecule has 0 atom stereocenters. The Bertz CT molecular complexity index is 820. The molecule has 1 heterocycles. The van der Waals surface area contributed by atoms with Gasteiger partial charge in [-0.25, -0.2) is 5.43 Å². The van der Waals surface area contributed by atoms with Gasteiger partial charge in [0.15, 0.2) is 6.54 Å². The maximum Gasteiger partial charge on any atom is 0.295 e. The van der Waals surface area contributed by atoms with Gasteiger partial charge >= 0.3 is 0 Å². The number of hydrogen-bond acceptors (Lipinski definition) is 3. The van der Waals surface area contributed by atoms with Crippen LogP contribution >= 0.6 is 11.6 Å². The highest BCUT2D eigenvalue weighted by molar-refractivity contribution is 6.31. The van der Waals surface area contributed by atoms with Gasteiger partial charge in [-0.15, -0.1) is 0 Å². The molecule has 1 saturated heterocycles. The molecule has 148 valence electrons. The average Bonchev–Trinajstić information content (AvgIpc) is 2.71. The van der Waals surface area contributed by atoms with Crippen molar-refractivity contribution < 1.29 is 19.3 Å². The fraction of sp³-hybridized carbons (Fsp3) is 0.333. The van der Waals surface area contributed by atoms with Gasteiger partial charge < -0.3 is 14.5 Å². The Morgan fingerprint density at radius 3 is 2.54 bits per heavy atom. The first-order chi connectivity index (χ1) is 13.7. The fourth-order valence-electron chi connectivity index (χ4n) is 3.44. The third-order valence-electron chi connectivity index (χ3n) is 5.00. The van der Waals surface area contributed by atoms with Crippen LogP contribution in [0.15, 0.2) is 53.6 Å². The summed E-state index contributed by atoms with van der Waals surface area (Å²) in [6.45, 7) is 5.34. The number of hydrazone groups is 1. The van der Waals surface area contributed by atoms with Crippen LogP contribution in [0.4, 0.5) is 0 Å². The van der Waals surface area contributed by atoms with Crippen LogP contribution in [-0.4, -0.2) is 52.0 Å². The lowest BCUT2D eigenvalue weighted by Gasteiger charge is -2.29. The van der Waals surface area contributed by atoms with Crippen molar-refractivity contribution in [1.82, 2.24) is 5.43 Å². The second-order valence-corrected chi connectivity index (χ2v) is 7.39. The highest BCUT2D eigenvalue weighted by Crippen LogP contribution is 2.14. The normalized spacial score (nSPS) is 19.5. The Morgan fingerprint density at radius 1 is 1.11 bits per heavy atom. The van der Waals surface area contributed by atoms with E-state index in [2.05, 4.69) is 16.6 Å². The summed E-state index contributed by atoms with van der Waals surface area (Å²) in [6, 6.07) is 15.6. The lowest BCUT2D eigenvalue weighted by Crippen LogP contribution is -3.28. The van der Waals surface area contributed by atoms with E-state index in [0.29, 0.717) is 6.54 Å². The van der Waals surface area contributed by atoms with Gasteiger partial charge in [0.25, 0.3) is 5.91 Å². The smallest absolute Gasteiger partial charge is 0.295 e. The number of carbonyl (C=O) groups is 1. The van der Waals surface area contributed by atoms with E-state index in [1.165, 1.54) is 15.4 Å². The molecule has 0 saturated carbocycles. The van der Waals surface area contributed by atoms with Gasteiger partial charge in [0.2, 0.25) is 0 Å². The second kappa shape index (κ2) is 10.2.